The molecule has 0 unspecified atom stereocenters. The molecule has 3 aromatic rings. The first kappa shape index (κ1) is 26.0. The van der Waals surface area contributed by atoms with E-state index in [1.54, 1.807) is 5.30 Å². The second-order valence-corrected chi connectivity index (χ2v) is 13.7. The summed E-state index contributed by atoms with van der Waals surface area (Å²) in [6, 6.07) is 31.7. The maximum absolute atomic E-state index is 6.06. The van der Waals surface area contributed by atoms with E-state index in [4.69, 9.17) is 4.43 Å². The molecule has 0 aliphatic heterocycles. The lowest BCUT2D eigenvalue weighted by molar-refractivity contribution is -0.00000689. The van der Waals surface area contributed by atoms with E-state index in [2.05, 4.69) is 105 Å². The van der Waals surface area contributed by atoms with Gasteiger partial charge in [0.2, 0.25) is 9.04 Å². The molecule has 0 fully saturated rings. The van der Waals surface area contributed by atoms with Crippen molar-refractivity contribution in [1.29, 1.82) is 0 Å². The molecule has 0 aliphatic carbocycles. The fourth-order valence-electron chi connectivity index (χ4n) is 4.21. The third kappa shape index (κ3) is 6.62. The molecule has 0 amide bonds. The van der Waals surface area contributed by atoms with Crippen molar-refractivity contribution in [1.82, 2.24) is 0 Å². The second kappa shape index (κ2) is 13.3. The fraction of sp³-hybridized carbons (Fsp3) is 0.333. The van der Waals surface area contributed by atoms with Gasteiger partial charge in [-0.25, -0.2) is 0 Å². The van der Waals surface area contributed by atoms with Gasteiger partial charge in [-0.3, -0.25) is 0 Å². The lowest BCUT2D eigenvalue weighted by Crippen LogP contribution is -3.00. The smallest absolute Gasteiger partial charge is 0.204 e. The van der Waals surface area contributed by atoms with Crippen LogP contribution in [0.3, 0.4) is 0 Å². The maximum atomic E-state index is 6.06. The van der Waals surface area contributed by atoms with Gasteiger partial charge in [-0.1, -0.05) is 67.9 Å². The van der Waals surface area contributed by atoms with Crippen LogP contribution < -0.4 is 32.9 Å². The number of benzene rings is 3. The van der Waals surface area contributed by atoms with Gasteiger partial charge in [0.15, 0.2) is 0 Å². The lowest BCUT2D eigenvalue weighted by Gasteiger charge is -2.29. The molecule has 3 aromatic carbocycles. The topological polar surface area (TPSA) is 9.23 Å². The predicted molar refractivity (Wildman–Crippen MR) is 137 cm³/mol. The Labute approximate surface area is 202 Å². The third-order valence-electron chi connectivity index (χ3n) is 5.63. The minimum absolute atomic E-state index is 0. The van der Waals surface area contributed by atoms with Gasteiger partial charge in [-0.05, 0) is 61.8 Å². The van der Waals surface area contributed by atoms with Crippen molar-refractivity contribution in [3.8, 4) is 0 Å². The highest BCUT2D eigenvalue weighted by atomic mass is 79.9. The second-order valence-electron chi connectivity index (χ2n) is 8.05. The van der Waals surface area contributed by atoms with Crippen molar-refractivity contribution >= 4 is 32.2 Å². The molecule has 165 valence electrons. The zero-order valence-corrected chi connectivity index (χ0v) is 22.5. The highest BCUT2D eigenvalue weighted by Crippen LogP contribution is 2.56. The third-order valence-corrected chi connectivity index (χ3v) is 11.0. The van der Waals surface area contributed by atoms with E-state index in [0.717, 1.165) is 25.6 Å². The summed E-state index contributed by atoms with van der Waals surface area (Å²) >= 11 is 0. The number of rotatable bonds is 11. The van der Waals surface area contributed by atoms with E-state index >= 15 is 0 Å². The quantitative estimate of drug-likeness (QED) is 0.217. The zero-order valence-electron chi connectivity index (χ0n) is 19.1. The van der Waals surface area contributed by atoms with Gasteiger partial charge < -0.3 is 21.4 Å². The minimum atomic E-state index is -1.76. The molecule has 0 saturated carbocycles. The van der Waals surface area contributed by atoms with Crippen LogP contribution in [-0.2, 0) is 10.8 Å². The number of aryl methyl sites for hydroxylation is 1. The summed E-state index contributed by atoms with van der Waals surface area (Å²) in [7, 11) is -2.41. The van der Waals surface area contributed by atoms with Crippen molar-refractivity contribution in [2.24, 2.45) is 0 Å². The first-order valence-corrected chi connectivity index (χ1v) is 15.6. The van der Waals surface area contributed by atoms with E-state index in [-0.39, 0.29) is 17.0 Å². The first-order valence-electron chi connectivity index (χ1n) is 11.2. The Bertz CT molecular complexity index is 847. The number of halogens is 1. The van der Waals surface area contributed by atoms with Gasteiger partial charge >= 0.3 is 0 Å². The van der Waals surface area contributed by atoms with Crippen LogP contribution in [-0.4, -0.2) is 21.8 Å². The van der Waals surface area contributed by atoms with Crippen LogP contribution in [0.25, 0.3) is 0 Å². The number of hydrogen-bond donors (Lipinski definition) is 0. The van der Waals surface area contributed by atoms with Gasteiger partial charge in [0, 0.05) is 13.0 Å². The van der Waals surface area contributed by atoms with Crippen LogP contribution in [0.2, 0.25) is 13.1 Å². The summed E-state index contributed by atoms with van der Waals surface area (Å²) < 4.78 is 6.06. The van der Waals surface area contributed by atoms with E-state index in [0.29, 0.717) is 0 Å². The summed E-state index contributed by atoms with van der Waals surface area (Å²) in [4.78, 5) is 0. The molecule has 31 heavy (non-hydrogen) atoms. The lowest BCUT2D eigenvalue weighted by atomic mass is 10.1. The molecular formula is C27H35BrOPSi. The molecule has 0 spiro atoms. The Morgan fingerprint density at radius 2 is 1.29 bits per heavy atom. The average Bonchev–Trinajstić information content (AvgIpc) is 2.79. The molecule has 0 aromatic heterocycles. The van der Waals surface area contributed by atoms with Gasteiger partial charge in [0.25, 0.3) is 0 Å². The summed E-state index contributed by atoms with van der Waals surface area (Å²) in [5.41, 5.74) is 1.53. The fourth-order valence-corrected chi connectivity index (χ4v) is 9.36. The average molecular weight is 515 g/mol. The van der Waals surface area contributed by atoms with Crippen LogP contribution in [0.1, 0.15) is 31.7 Å². The van der Waals surface area contributed by atoms with Crippen molar-refractivity contribution in [2.75, 3.05) is 12.8 Å². The molecule has 0 heterocycles. The molecule has 4 heteroatoms. The predicted octanol–water partition coefficient (Wildman–Crippen LogP) is 2.98. The zero-order chi connectivity index (χ0) is 21.2. The van der Waals surface area contributed by atoms with E-state index in [1.807, 2.05) is 0 Å². The summed E-state index contributed by atoms with van der Waals surface area (Å²) in [5, 5.41) is 4.53. The molecule has 1 radical (unpaired) electrons. The monoisotopic (exact) mass is 513 g/mol. The number of hydrogen-bond acceptors (Lipinski definition) is 1. The highest BCUT2D eigenvalue weighted by molar-refractivity contribution is 7.95. The molecular weight excluding hydrogens is 479 g/mol. The van der Waals surface area contributed by atoms with Gasteiger partial charge in [0.1, 0.15) is 23.2 Å². The SMILES string of the molecule is CCCCc1ccccc1[P+](CCCO[Si](C)C)(c1ccccc1)c1ccccc1.[Br-]. The Morgan fingerprint density at radius 1 is 0.742 bits per heavy atom. The Hall–Kier alpha value is -1.25. The normalized spacial score (nSPS) is 11.4. The van der Waals surface area contributed by atoms with Crippen LogP contribution in [0, 0.1) is 0 Å². The summed E-state index contributed by atoms with van der Waals surface area (Å²) in [6.07, 6.45) is 5.86. The minimum Gasteiger partial charge on any atom is -1.00 e. The van der Waals surface area contributed by atoms with Crippen molar-refractivity contribution in [3.63, 3.8) is 0 Å². The van der Waals surface area contributed by atoms with E-state index in [9.17, 15) is 0 Å². The molecule has 0 aliphatic rings. The van der Waals surface area contributed by atoms with E-state index in [1.165, 1.54) is 29.0 Å². The molecule has 0 atom stereocenters. The molecule has 1 nitrogen and oxygen atoms in total. The molecule has 3 rings (SSSR count). The Balaban J connectivity index is 0.00000341. The largest absolute Gasteiger partial charge is 1.00 e. The number of unbranched alkanes of at least 4 members (excludes halogenated alkanes) is 1. The molecule has 0 bridgehead atoms. The summed E-state index contributed by atoms with van der Waals surface area (Å²) in [6.45, 7) is 7.59. The van der Waals surface area contributed by atoms with Crippen LogP contribution in [0.4, 0.5) is 0 Å². The standard InChI is InChI=1S/C27H35OPSi.BrH/c1-4-5-15-24-16-12-13-21-27(24)29(23-14-22-28-30(2)3,25-17-8-6-9-18-25)26-19-10-7-11-20-26;/h6-13,16-21H,4-5,14-15,22-23H2,1-3H3;1H/q+1;/p-1. The van der Waals surface area contributed by atoms with E-state index < -0.39 is 16.3 Å². The highest BCUT2D eigenvalue weighted by Gasteiger charge is 2.45. The summed E-state index contributed by atoms with van der Waals surface area (Å²) in [5.74, 6) is 0. The van der Waals surface area contributed by atoms with Crippen molar-refractivity contribution in [2.45, 2.75) is 45.7 Å². The maximum Gasteiger partial charge on any atom is 0.204 e. The first-order chi connectivity index (χ1) is 14.7. The van der Waals surface area contributed by atoms with Crippen molar-refractivity contribution in [3.05, 3.63) is 90.5 Å². The Kier molecular flexibility index (Phi) is 11.2. The van der Waals surface area contributed by atoms with Crippen LogP contribution in [0.5, 0.6) is 0 Å². The van der Waals surface area contributed by atoms with Crippen molar-refractivity contribution < 1.29 is 21.4 Å². The molecule has 0 saturated heterocycles. The molecule has 0 N–H and O–H groups in total. The Morgan fingerprint density at radius 3 is 1.84 bits per heavy atom. The van der Waals surface area contributed by atoms with Gasteiger partial charge in [-0.2, -0.15) is 0 Å². The van der Waals surface area contributed by atoms with Crippen LogP contribution in [0.15, 0.2) is 84.9 Å². The van der Waals surface area contributed by atoms with Gasteiger partial charge in [0.05, 0.1) is 6.16 Å². The van der Waals surface area contributed by atoms with Crippen LogP contribution >= 0.6 is 7.26 Å². The van der Waals surface area contributed by atoms with Gasteiger partial charge in [-0.15, -0.1) is 0 Å².